The van der Waals surface area contributed by atoms with E-state index >= 15 is 0 Å². The zero-order chi connectivity index (χ0) is 8.53. The summed E-state index contributed by atoms with van der Waals surface area (Å²) in [5, 5.41) is 5.70. The van der Waals surface area contributed by atoms with E-state index in [-0.39, 0.29) is 0 Å². The van der Waals surface area contributed by atoms with E-state index in [9.17, 15) is 4.79 Å². The maximum atomic E-state index is 10.4. The van der Waals surface area contributed by atoms with Gasteiger partial charge in [-0.15, -0.1) is 6.42 Å². The lowest BCUT2D eigenvalue weighted by atomic mass is 10.4. The van der Waals surface area contributed by atoms with Crippen molar-refractivity contribution in [1.29, 1.82) is 0 Å². The van der Waals surface area contributed by atoms with E-state index in [4.69, 9.17) is 12.0 Å². The van der Waals surface area contributed by atoms with Crippen molar-refractivity contribution in [3.05, 3.63) is 10.4 Å². The van der Waals surface area contributed by atoms with Gasteiger partial charge in [0.1, 0.15) is 0 Å². The van der Waals surface area contributed by atoms with Crippen LogP contribution >= 0.6 is 0 Å². The number of hydrogen-bond donors (Lipinski definition) is 1. The van der Waals surface area contributed by atoms with Crippen LogP contribution in [-0.4, -0.2) is 19.0 Å². The SMILES string of the molecule is C#CC(=O)NCCCN=[N+]=[N-]. The van der Waals surface area contributed by atoms with Crippen molar-refractivity contribution in [1.82, 2.24) is 5.32 Å². The maximum absolute atomic E-state index is 10.4. The summed E-state index contributed by atoms with van der Waals surface area (Å²) in [4.78, 5) is 12.9. The van der Waals surface area contributed by atoms with Crippen LogP contribution in [0.5, 0.6) is 0 Å². The van der Waals surface area contributed by atoms with Gasteiger partial charge >= 0.3 is 0 Å². The minimum atomic E-state index is -0.439. The first-order valence-corrected chi connectivity index (χ1v) is 3.06. The average Bonchev–Trinajstić information content (AvgIpc) is 2.04. The molecule has 0 atom stereocenters. The molecule has 11 heavy (non-hydrogen) atoms. The molecule has 5 nitrogen and oxygen atoms in total. The Balaban J connectivity index is 3.22. The van der Waals surface area contributed by atoms with Crippen molar-refractivity contribution in [2.75, 3.05) is 13.1 Å². The maximum Gasteiger partial charge on any atom is 0.295 e. The first kappa shape index (κ1) is 9.34. The molecule has 0 saturated heterocycles. The Bertz CT molecular complexity index is 211. The highest BCUT2D eigenvalue weighted by Gasteiger charge is 1.90. The van der Waals surface area contributed by atoms with Crippen LogP contribution in [0.25, 0.3) is 10.4 Å². The molecule has 0 aromatic carbocycles. The predicted molar refractivity (Wildman–Crippen MR) is 40.5 cm³/mol. The highest BCUT2D eigenvalue weighted by atomic mass is 16.1. The molecular weight excluding hydrogens is 144 g/mol. The largest absolute Gasteiger partial charge is 0.345 e. The second kappa shape index (κ2) is 6.46. The van der Waals surface area contributed by atoms with Gasteiger partial charge in [0, 0.05) is 18.0 Å². The van der Waals surface area contributed by atoms with Crippen LogP contribution in [-0.2, 0) is 4.79 Å². The number of carbonyl (C=O) groups is 1. The second-order valence-electron chi connectivity index (χ2n) is 1.71. The van der Waals surface area contributed by atoms with Gasteiger partial charge in [0.25, 0.3) is 5.91 Å². The second-order valence-corrected chi connectivity index (χ2v) is 1.71. The number of amides is 1. The molecule has 0 aliphatic heterocycles. The van der Waals surface area contributed by atoms with Crippen molar-refractivity contribution in [2.45, 2.75) is 6.42 Å². The zero-order valence-corrected chi connectivity index (χ0v) is 5.95. The van der Waals surface area contributed by atoms with E-state index in [0.29, 0.717) is 19.5 Å². The number of azide groups is 1. The van der Waals surface area contributed by atoms with Crippen LogP contribution in [0.2, 0.25) is 0 Å². The molecule has 0 rings (SSSR count). The van der Waals surface area contributed by atoms with Crippen molar-refractivity contribution in [3.8, 4) is 12.3 Å². The highest BCUT2D eigenvalue weighted by Crippen LogP contribution is 1.78. The lowest BCUT2D eigenvalue weighted by Crippen LogP contribution is -2.22. The van der Waals surface area contributed by atoms with Crippen molar-refractivity contribution < 1.29 is 4.79 Å². The van der Waals surface area contributed by atoms with Crippen molar-refractivity contribution in [2.24, 2.45) is 5.11 Å². The zero-order valence-electron chi connectivity index (χ0n) is 5.95. The number of nitrogens with one attached hydrogen (secondary N) is 1. The molecule has 0 spiro atoms. The quantitative estimate of drug-likeness (QED) is 0.205. The third-order valence-corrected chi connectivity index (χ3v) is 0.915. The highest BCUT2D eigenvalue weighted by molar-refractivity contribution is 5.92. The summed E-state index contributed by atoms with van der Waals surface area (Å²) in [7, 11) is 0. The summed E-state index contributed by atoms with van der Waals surface area (Å²) in [6, 6.07) is 0. The molecule has 0 heterocycles. The number of rotatable bonds is 4. The van der Waals surface area contributed by atoms with Crippen LogP contribution in [0, 0.1) is 12.3 Å². The van der Waals surface area contributed by atoms with Crippen LogP contribution in [0.15, 0.2) is 5.11 Å². The summed E-state index contributed by atoms with van der Waals surface area (Å²) < 4.78 is 0. The van der Waals surface area contributed by atoms with E-state index in [1.807, 2.05) is 5.92 Å². The van der Waals surface area contributed by atoms with Gasteiger partial charge in [0.2, 0.25) is 0 Å². The Morgan fingerprint density at radius 2 is 2.55 bits per heavy atom. The van der Waals surface area contributed by atoms with Gasteiger partial charge < -0.3 is 5.32 Å². The topological polar surface area (TPSA) is 77.9 Å². The van der Waals surface area contributed by atoms with Crippen LogP contribution < -0.4 is 5.32 Å². The Hall–Kier alpha value is -1.66. The van der Waals surface area contributed by atoms with Gasteiger partial charge in [-0.2, -0.15) is 0 Å². The normalized spacial score (nSPS) is 7.55. The molecule has 58 valence electrons. The monoisotopic (exact) mass is 152 g/mol. The van der Waals surface area contributed by atoms with E-state index in [1.54, 1.807) is 0 Å². The molecule has 0 aromatic heterocycles. The summed E-state index contributed by atoms with van der Waals surface area (Å²) in [6.45, 7) is 0.823. The summed E-state index contributed by atoms with van der Waals surface area (Å²) >= 11 is 0. The van der Waals surface area contributed by atoms with Gasteiger partial charge in [-0.25, -0.2) is 0 Å². The molecule has 1 amide bonds. The van der Waals surface area contributed by atoms with E-state index in [1.165, 1.54) is 0 Å². The molecule has 5 heteroatoms. The Morgan fingerprint density at radius 1 is 1.82 bits per heavy atom. The fourth-order valence-corrected chi connectivity index (χ4v) is 0.447. The Kier molecular flexibility index (Phi) is 5.49. The third kappa shape index (κ3) is 6.22. The van der Waals surface area contributed by atoms with Crippen molar-refractivity contribution >= 4 is 5.91 Å². The summed E-state index contributed by atoms with van der Waals surface area (Å²) in [5.41, 5.74) is 7.86. The number of carbonyl (C=O) groups excluding carboxylic acids is 1. The molecular formula is C6H8N4O. The predicted octanol–water partition coefficient (Wildman–Crippen LogP) is 0.436. The molecule has 0 aliphatic carbocycles. The van der Waals surface area contributed by atoms with Crippen LogP contribution in [0.3, 0.4) is 0 Å². The van der Waals surface area contributed by atoms with Crippen molar-refractivity contribution in [3.63, 3.8) is 0 Å². The lowest BCUT2D eigenvalue weighted by Gasteiger charge is -1.95. The fraction of sp³-hybridized carbons (Fsp3) is 0.500. The summed E-state index contributed by atoms with van der Waals surface area (Å²) in [5.74, 6) is 1.46. The number of terminal acetylenes is 1. The van der Waals surface area contributed by atoms with E-state index in [0.717, 1.165) is 0 Å². The Labute approximate surface area is 64.4 Å². The van der Waals surface area contributed by atoms with E-state index < -0.39 is 5.91 Å². The van der Waals surface area contributed by atoms with E-state index in [2.05, 4.69) is 15.3 Å². The molecule has 0 bridgehead atoms. The lowest BCUT2D eigenvalue weighted by molar-refractivity contribution is -0.115. The van der Waals surface area contributed by atoms with Gasteiger partial charge in [0.05, 0.1) is 0 Å². The van der Waals surface area contributed by atoms with Crippen LogP contribution in [0.4, 0.5) is 0 Å². The van der Waals surface area contributed by atoms with Crippen LogP contribution in [0.1, 0.15) is 6.42 Å². The third-order valence-electron chi connectivity index (χ3n) is 0.915. The standard InChI is InChI=1S/C6H8N4O/c1-2-6(11)8-4-3-5-9-10-7/h1H,3-5H2,(H,8,11). The molecule has 0 aromatic rings. The molecule has 1 N–H and O–H groups in total. The van der Waals surface area contributed by atoms with Gasteiger partial charge in [-0.1, -0.05) is 5.11 Å². The summed E-state index contributed by atoms with van der Waals surface area (Å²) in [6.07, 6.45) is 5.38. The number of hydrogen-bond acceptors (Lipinski definition) is 2. The van der Waals surface area contributed by atoms with Gasteiger partial charge in [0.15, 0.2) is 0 Å². The number of nitrogens with zero attached hydrogens (tertiary/aromatic N) is 3. The molecule has 0 saturated carbocycles. The molecule has 0 unspecified atom stereocenters. The fourth-order valence-electron chi connectivity index (χ4n) is 0.447. The van der Waals surface area contributed by atoms with Gasteiger partial charge in [-0.05, 0) is 17.9 Å². The smallest absolute Gasteiger partial charge is 0.295 e. The first-order valence-electron chi connectivity index (χ1n) is 3.06. The molecule has 0 fully saturated rings. The Morgan fingerprint density at radius 3 is 3.09 bits per heavy atom. The molecule has 0 aliphatic rings. The first-order chi connectivity index (χ1) is 5.31. The van der Waals surface area contributed by atoms with Gasteiger partial charge in [-0.3, -0.25) is 4.79 Å². The average molecular weight is 152 g/mol. The minimum Gasteiger partial charge on any atom is -0.345 e. The minimum absolute atomic E-state index is 0.376. The molecule has 0 radical (unpaired) electrons.